The molecule has 1 aliphatic heterocycles. The summed E-state index contributed by atoms with van der Waals surface area (Å²) in [6.45, 7) is 2.05. The number of nitrogens with one attached hydrogen (secondary N) is 4. The molecule has 114 valence electrons. The fourth-order valence-electron chi connectivity index (χ4n) is 2.41. The average molecular weight is 296 g/mol. The minimum Gasteiger partial charge on any atom is -0.352 e. The van der Waals surface area contributed by atoms with Gasteiger partial charge in [-0.25, -0.2) is 10.9 Å². The number of hydrogen-bond acceptors (Lipinski definition) is 4. The van der Waals surface area contributed by atoms with Crippen LogP contribution < -0.4 is 21.5 Å². The maximum absolute atomic E-state index is 12.2. The van der Waals surface area contributed by atoms with Gasteiger partial charge < -0.3 is 10.6 Å². The number of aryl methyl sites for hydroxylation is 1. The van der Waals surface area contributed by atoms with Crippen molar-refractivity contribution < 1.29 is 4.79 Å². The number of anilines is 1. The number of rotatable bonds is 4. The Morgan fingerprint density at radius 2 is 1.73 bits per heavy atom. The van der Waals surface area contributed by atoms with Gasteiger partial charge in [0, 0.05) is 5.69 Å². The first kappa shape index (κ1) is 14.6. The Labute approximate surface area is 130 Å². The second-order valence-electron chi connectivity index (χ2n) is 5.48. The summed E-state index contributed by atoms with van der Waals surface area (Å²) in [5, 5.41) is 6.12. The number of amides is 1. The SMILES string of the molecule is Cc1ccc(CC2NNC(Nc3ccccc3)NC2=O)cc1. The summed E-state index contributed by atoms with van der Waals surface area (Å²) in [6, 6.07) is 17.7. The minimum absolute atomic E-state index is 0.0206. The van der Waals surface area contributed by atoms with Gasteiger partial charge in [0.25, 0.3) is 0 Å². The highest BCUT2D eigenvalue weighted by Crippen LogP contribution is 2.09. The van der Waals surface area contributed by atoms with Crippen molar-refractivity contribution >= 4 is 11.6 Å². The van der Waals surface area contributed by atoms with Crippen LogP contribution in [-0.4, -0.2) is 18.2 Å². The van der Waals surface area contributed by atoms with Gasteiger partial charge in [0.15, 0.2) is 6.29 Å². The summed E-state index contributed by atoms with van der Waals surface area (Å²) in [4.78, 5) is 12.2. The summed E-state index contributed by atoms with van der Waals surface area (Å²) in [6.07, 6.45) is 0.320. The minimum atomic E-state index is -0.329. The second kappa shape index (κ2) is 6.60. The zero-order chi connectivity index (χ0) is 15.4. The molecule has 4 N–H and O–H groups in total. The third-order valence-corrected chi connectivity index (χ3v) is 3.65. The second-order valence-corrected chi connectivity index (χ2v) is 5.48. The number of benzene rings is 2. The van der Waals surface area contributed by atoms with Gasteiger partial charge in [-0.15, -0.1) is 0 Å². The monoisotopic (exact) mass is 296 g/mol. The van der Waals surface area contributed by atoms with Gasteiger partial charge in [0.2, 0.25) is 5.91 Å². The van der Waals surface area contributed by atoms with Crippen LogP contribution in [0.4, 0.5) is 5.69 Å². The lowest BCUT2D eigenvalue weighted by molar-refractivity contribution is -0.126. The van der Waals surface area contributed by atoms with Gasteiger partial charge in [-0.2, -0.15) is 0 Å². The molecule has 1 amide bonds. The molecule has 1 saturated heterocycles. The first-order chi connectivity index (χ1) is 10.7. The predicted octanol–water partition coefficient (Wildman–Crippen LogP) is 1.53. The Kier molecular flexibility index (Phi) is 4.37. The summed E-state index contributed by atoms with van der Waals surface area (Å²) in [5.74, 6) is -0.0206. The average Bonchev–Trinajstić information content (AvgIpc) is 2.53. The van der Waals surface area contributed by atoms with Crippen molar-refractivity contribution in [3.8, 4) is 0 Å². The number of carbonyl (C=O) groups excluding carboxylic acids is 1. The van der Waals surface area contributed by atoms with Crippen molar-refractivity contribution in [1.82, 2.24) is 16.2 Å². The lowest BCUT2D eigenvalue weighted by atomic mass is 10.0. The Bertz CT molecular complexity index is 627. The normalized spacial score (nSPS) is 21.2. The number of para-hydroxylation sites is 1. The smallest absolute Gasteiger partial charge is 0.241 e. The van der Waals surface area contributed by atoms with Crippen molar-refractivity contribution in [1.29, 1.82) is 0 Å². The third kappa shape index (κ3) is 3.63. The number of carbonyl (C=O) groups is 1. The van der Waals surface area contributed by atoms with E-state index in [4.69, 9.17) is 0 Å². The van der Waals surface area contributed by atoms with E-state index in [9.17, 15) is 4.79 Å². The van der Waals surface area contributed by atoms with E-state index in [1.807, 2.05) is 30.3 Å². The molecular weight excluding hydrogens is 276 g/mol. The summed E-state index contributed by atoms with van der Waals surface area (Å²) in [7, 11) is 0. The van der Waals surface area contributed by atoms with E-state index < -0.39 is 0 Å². The molecule has 2 aromatic rings. The molecule has 2 aromatic carbocycles. The third-order valence-electron chi connectivity index (χ3n) is 3.65. The fraction of sp³-hybridized carbons (Fsp3) is 0.235. The van der Waals surface area contributed by atoms with Gasteiger partial charge in [-0.1, -0.05) is 48.0 Å². The summed E-state index contributed by atoms with van der Waals surface area (Å²) in [5.41, 5.74) is 9.46. The molecule has 3 rings (SSSR count). The zero-order valence-corrected chi connectivity index (χ0v) is 12.5. The van der Waals surface area contributed by atoms with Crippen LogP contribution >= 0.6 is 0 Å². The van der Waals surface area contributed by atoms with Crippen LogP contribution in [-0.2, 0) is 11.2 Å². The largest absolute Gasteiger partial charge is 0.352 e. The van der Waals surface area contributed by atoms with Gasteiger partial charge in [0.05, 0.1) is 0 Å². The molecule has 1 heterocycles. The molecule has 5 nitrogen and oxygen atoms in total. The predicted molar refractivity (Wildman–Crippen MR) is 86.9 cm³/mol. The topological polar surface area (TPSA) is 65.2 Å². The van der Waals surface area contributed by atoms with Crippen LogP contribution in [0.15, 0.2) is 54.6 Å². The highest BCUT2D eigenvalue weighted by atomic mass is 16.2. The van der Waals surface area contributed by atoms with Crippen molar-refractivity contribution in [2.45, 2.75) is 25.7 Å². The van der Waals surface area contributed by atoms with Crippen LogP contribution in [0.1, 0.15) is 11.1 Å². The van der Waals surface area contributed by atoms with Crippen LogP contribution in [0.5, 0.6) is 0 Å². The van der Waals surface area contributed by atoms with E-state index in [1.165, 1.54) is 5.56 Å². The Morgan fingerprint density at radius 1 is 1.00 bits per heavy atom. The lowest BCUT2D eigenvalue weighted by Crippen LogP contribution is -2.68. The molecule has 22 heavy (non-hydrogen) atoms. The molecule has 0 saturated carbocycles. The maximum atomic E-state index is 12.2. The maximum Gasteiger partial charge on any atom is 0.241 e. The zero-order valence-electron chi connectivity index (χ0n) is 12.5. The summed E-state index contributed by atoms with van der Waals surface area (Å²) < 4.78 is 0. The van der Waals surface area contributed by atoms with Crippen LogP contribution in [0.25, 0.3) is 0 Å². The van der Waals surface area contributed by atoms with Crippen molar-refractivity contribution in [3.63, 3.8) is 0 Å². The Morgan fingerprint density at radius 3 is 2.41 bits per heavy atom. The van der Waals surface area contributed by atoms with Gasteiger partial charge in [0.1, 0.15) is 6.04 Å². The molecule has 0 bridgehead atoms. The van der Waals surface area contributed by atoms with Crippen LogP contribution in [0, 0.1) is 6.92 Å². The summed E-state index contributed by atoms with van der Waals surface area (Å²) >= 11 is 0. The number of hydrogen-bond donors (Lipinski definition) is 4. The highest BCUT2D eigenvalue weighted by molar-refractivity contribution is 5.83. The molecule has 2 atom stereocenters. The molecule has 2 unspecified atom stereocenters. The molecule has 1 aliphatic rings. The number of hydrazine groups is 1. The van der Waals surface area contributed by atoms with Gasteiger partial charge >= 0.3 is 0 Å². The van der Waals surface area contributed by atoms with E-state index in [0.29, 0.717) is 6.42 Å². The van der Waals surface area contributed by atoms with E-state index in [0.717, 1.165) is 11.3 Å². The molecule has 0 radical (unpaired) electrons. The van der Waals surface area contributed by atoms with Crippen LogP contribution in [0.2, 0.25) is 0 Å². The van der Waals surface area contributed by atoms with E-state index >= 15 is 0 Å². The lowest BCUT2D eigenvalue weighted by Gasteiger charge is -2.32. The van der Waals surface area contributed by atoms with Crippen molar-refractivity contribution in [3.05, 3.63) is 65.7 Å². The Balaban J connectivity index is 1.56. The Hall–Kier alpha value is -2.37. The van der Waals surface area contributed by atoms with Crippen molar-refractivity contribution in [2.75, 3.05) is 5.32 Å². The quantitative estimate of drug-likeness (QED) is 0.691. The van der Waals surface area contributed by atoms with E-state index in [-0.39, 0.29) is 18.2 Å². The van der Waals surface area contributed by atoms with Gasteiger partial charge in [-0.3, -0.25) is 4.79 Å². The van der Waals surface area contributed by atoms with E-state index in [2.05, 4.69) is 52.7 Å². The van der Waals surface area contributed by atoms with Crippen molar-refractivity contribution in [2.24, 2.45) is 0 Å². The molecule has 0 aromatic heterocycles. The molecule has 5 heteroatoms. The first-order valence-electron chi connectivity index (χ1n) is 7.39. The fourth-order valence-corrected chi connectivity index (χ4v) is 2.41. The molecule has 0 aliphatic carbocycles. The van der Waals surface area contributed by atoms with Crippen LogP contribution in [0.3, 0.4) is 0 Å². The first-order valence-corrected chi connectivity index (χ1v) is 7.39. The highest BCUT2D eigenvalue weighted by Gasteiger charge is 2.26. The molecule has 1 fully saturated rings. The standard InChI is InChI=1S/C17H20N4O/c1-12-7-9-13(10-8-12)11-15-16(22)19-17(21-20-15)18-14-5-3-2-4-6-14/h2-10,15,17-18,20-21H,11H2,1H3,(H,19,22). The molecule has 0 spiro atoms. The van der Waals surface area contributed by atoms with Gasteiger partial charge in [-0.05, 0) is 31.0 Å². The molecular formula is C17H20N4O. The van der Waals surface area contributed by atoms with E-state index in [1.54, 1.807) is 0 Å².